The van der Waals surface area contributed by atoms with Crippen LogP contribution < -0.4 is 5.32 Å². The minimum Gasteiger partial charge on any atom is -0.467 e. The summed E-state index contributed by atoms with van der Waals surface area (Å²) in [4.78, 5) is 29.0. The van der Waals surface area contributed by atoms with Gasteiger partial charge in [-0.3, -0.25) is 4.79 Å². The van der Waals surface area contributed by atoms with Gasteiger partial charge in [0, 0.05) is 18.3 Å². The Balaban J connectivity index is 1.75. The standard InChI is InChI=1S/C24H24ClF2N3O3/c1-16(2)30(24(32)28-19-9-10-22(27)21(25)12-19)15-23(31)29(14-20-4-3-11-33-20)13-17-5-7-18(26)8-6-17/h3-12,16H,13-15H2,1-2H3,(H,28,32). The average Bonchev–Trinajstić information content (AvgIpc) is 3.28. The third-order valence-electron chi connectivity index (χ3n) is 4.93. The molecule has 0 saturated carbocycles. The number of nitrogens with one attached hydrogen (secondary N) is 1. The van der Waals surface area contributed by atoms with Crippen LogP contribution in [0.4, 0.5) is 19.3 Å². The van der Waals surface area contributed by atoms with Crippen LogP contribution >= 0.6 is 11.6 Å². The lowest BCUT2D eigenvalue weighted by molar-refractivity contribution is -0.133. The highest BCUT2D eigenvalue weighted by atomic mass is 35.5. The molecule has 3 aromatic rings. The van der Waals surface area contributed by atoms with E-state index in [1.807, 2.05) is 0 Å². The third kappa shape index (κ3) is 6.79. The molecule has 0 fully saturated rings. The summed E-state index contributed by atoms with van der Waals surface area (Å²) in [5.41, 5.74) is 1.04. The molecule has 0 aliphatic carbocycles. The first kappa shape index (κ1) is 24.3. The van der Waals surface area contributed by atoms with E-state index in [1.54, 1.807) is 38.1 Å². The largest absolute Gasteiger partial charge is 0.467 e. The normalized spacial score (nSPS) is 10.8. The highest BCUT2D eigenvalue weighted by Crippen LogP contribution is 2.20. The lowest BCUT2D eigenvalue weighted by atomic mass is 10.2. The second-order valence-electron chi connectivity index (χ2n) is 7.74. The highest BCUT2D eigenvalue weighted by molar-refractivity contribution is 6.31. The number of carbonyl (C=O) groups is 2. The second-order valence-corrected chi connectivity index (χ2v) is 8.14. The van der Waals surface area contributed by atoms with Gasteiger partial charge < -0.3 is 19.5 Å². The van der Waals surface area contributed by atoms with E-state index >= 15 is 0 Å². The number of hydrogen-bond donors (Lipinski definition) is 1. The minimum atomic E-state index is -0.597. The number of urea groups is 1. The maximum atomic E-state index is 13.4. The van der Waals surface area contributed by atoms with E-state index in [0.29, 0.717) is 11.4 Å². The molecule has 3 amide bonds. The van der Waals surface area contributed by atoms with Crippen molar-refractivity contribution < 1.29 is 22.8 Å². The minimum absolute atomic E-state index is 0.121. The zero-order chi connectivity index (χ0) is 24.0. The summed E-state index contributed by atoms with van der Waals surface area (Å²) in [6, 6.07) is 12.3. The molecule has 0 aliphatic rings. The fraction of sp³-hybridized carbons (Fsp3) is 0.250. The Bertz CT molecular complexity index is 1090. The second kappa shape index (κ2) is 11.0. The number of carbonyl (C=O) groups excluding carboxylic acids is 2. The van der Waals surface area contributed by atoms with Crippen molar-refractivity contribution in [3.05, 3.63) is 88.8 Å². The molecule has 33 heavy (non-hydrogen) atoms. The topological polar surface area (TPSA) is 65.8 Å². The summed E-state index contributed by atoms with van der Waals surface area (Å²) < 4.78 is 32.1. The SMILES string of the molecule is CC(C)N(CC(=O)N(Cc1ccc(F)cc1)Cc1ccco1)C(=O)Nc1ccc(F)c(Cl)c1. The van der Waals surface area contributed by atoms with Gasteiger partial charge in [0.1, 0.15) is 23.9 Å². The predicted octanol–water partition coefficient (Wildman–Crippen LogP) is 5.68. The van der Waals surface area contributed by atoms with Crippen LogP contribution in [-0.4, -0.2) is 34.3 Å². The summed E-state index contributed by atoms with van der Waals surface area (Å²) >= 11 is 5.79. The number of nitrogens with zero attached hydrogens (tertiary/aromatic N) is 2. The van der Waals surface area contributed by atoms with Gasteiger partial charge in [0.25, 0.3) is 0 Å². The predicted molar refractivity (Wildman–Crippen MR) is 122 cm³/mol. The maximum absolute atomic E-state index is 13.4. The van der Waals surface area contributed by atoms with Crippen molar-refractivity contribution in [3.8, 4) is 0 Å². The molecule has 0 atom stereocenters. The number of anilines is 1. The molecular weight excluding hydrogens is 452 g/mol. The number of rotatable bonds is 8. The monoisotopic (exact) mass is 475 g/mol. The van der Waals surface area contributed by atoms with Crippen LogP contribution in [-0.2, 0) is 17.9 Å². The van der Waals surface area contributed by atoms with Crippen molar-refractivity contribution in [2.75, 3.05) is 11.9 Å². The van der Waals surface area contributed by atoms with E-state index < -0.39 is 11.8 Å². The van der Waals surface area contributed by atoms with Gasteiger partial charge in [0.05, 0.1) is 17.8 Å². The van der Waals surface area contributed by atoms with Gasteiger partial charge in [-0.25, -0.2) is 13.6 Å². The highest BCUT2D eigenvalue weighted by Gasteiger charge is 2.24. The molecule has 1 N–H and O–H groups in total. The Kier molecular flexibility index (Phi) is 8.06. The van der Waals surface area contributed by atoms with Gasteiger partial charge in [0.2, 0.25) is 5.91 Å². The van der Waals surface area contributed by atoms with E-state index in [0.717, 1.165) is 11.6 Å². The number of amides is 3. The van der Waals surface area contributed by atoms with E-state index in [1.165, 1.54) is 40.3 Å². The van der Waals surface area contributed by atoms with Crippen LogP contribution in [0.5, 0.6) is 0 Å². The maximum Gasteiger partial charge on any atom is 0.322 e. The first-order valence-corrected chi connectivity index (χ1v) is 10.7. The lowest BCUT2D eigenvalue weighted by Gasteiger charge is -2.30. The number of furan rings is 1. The summed E-state index contributed by atoms with van der Waals surface area (Å²) in [6.45, 7) is 3.74. The van der Waals surface area contributed by atoms with Crippen molar-refractivity contribution in [1.29, 1.82) is 0 Å². The molecule has 3 rings (SSSR count). The van der Waals surface area contributed by atoms with Gasteiger partial charge in [0.15, 0.2) is 0 Å². The van der Waals surface area contributed by atoms with Crippen LogP contribution in [0.2, 0.25) is 5.02 Å². The Morgan fingerprint density at radius 1 is 1.06 bits per heavy atom. The first-order valence-electron chi connectivity index (χ1n) is 10.3. The lowest BCUT2D eigenvalue weighted by Crippen LogP contribution is -2.47. The zero-order valence-corrected chi connectivity index (χ0v) is 19.0. The zero-order valence-electron chi connectivity index (χ0n) is 18.2. The molecule has 1 heterocycles. The first-order chi connectivity index (χ1) is 15.7. The average molecular weight is 476 g/mol. The van der Waals surface area contributed by atoms with E-state index in [2.05, 4.69) is 5.32 Å². The molecule has 0 unspecified atom stereocenters. The van der Waals surface area contributed by atoms with Crippen molar-refractivity contribution in [2.24, 2.45) is 0 Å². The summed E-state index contributed by atoms with van der Waals surface area (Å²) in [5.74, 6) is -0.713. The van der Waals surface area contributed by atoms with Crippen LogP contribution in [0.1, 0.15) is 25.2 Å². The summed E-state index contributed by atoms with van der Waals surface area (Å²) in [5, 5.41) is 2.52. The number of hydrogen-bond acceptors (Lipinski definition) is 3. The Morgan fingerprint density at radius 2 is 1.79 bits per heavy atom. The van der Waals surface area contributed by atoms with Gasteiger partial charge in [-0.1, -0.05) is 23.7 Å². The van der Waals surface area contributed by atoms with Crippen molar-refractivity contribution >= 4 is 29.2 Å². The van der Waals surface area contributed by atoms with Gasteiger partial charge in [-0.15, -0.1) is 0 Å². The number of benzene rings is 2. The van der Waals surface area contributed by atoms with Gasteiger partial charge in [-0.05, 0) is 61.9 Å². The van der Waals surface area contributed by atoms with E-state index in [9.17, 15) is 18.4 Å². The molecule has 0 bridgehead atoms. The Morgan fingerprint density at radius 3 is 2.39 bits per heavy atom. The molecule has 6 nitrogen and oxygen atoms in total. The molecule has 0 saturated heterocycles. The third-order valence-corrected chi connectivity index (χ3v) is 5.22. The Labute approximate surface area is 195 Å². The molecule has 1 aromatic heterocycles. The van der Waals surface area contributed by atoms with Crippen molar-refractivity contribution in [3.63, 3.8) is 0 Å². The van der Waals surface area contributed by atoms with E-state index in [4.69, 9.17) is 16.0 Å². The molecule has 174 valence electrons. The van der Waals surface area contributed by atoms with Crippen LogP contribution in [0.25, 0.3) is 0 Å². The van der Waals surface area contributed by atoms with Gasteiger partial charge in [-0.2, -0.15) is 0 Å². The molecular formula is C24H24ClF2N3O3. The van der Waals surface area contributed by atoms with Crippen LogP contribution in [0.15, 0.2) is 65.3 Å². The van der Waals surface area contributed by atoms with Crippen molar-refractivity contribution in [2.45, 2.75) is 33.0 Å². The molecule has 2 aromatic carbocycles. The molecule has 0 aliphatic heterocycles. The smallest absolute Gasteiger partial charge is 0.322 e. The fourth-order valence-corrected chi connectivity index (χ4v) is 3.32. The van der Waals surface area contributed by atoms with Gasteiger partial charge >= 0.3 is 6.03 Å². The molecule has 0 spiro atoms. The summed E-state index contributed by atoms with van der Waals surface area (Å²) in [7, 11) is 0. The van der Waals surface area contributed by atoms with Crippen molar-refractivity contribution in [1.82, 2.24) is 9.80 Å². The van der Waals surface area contributed by atoms with Crippen LogP contribution in [0.3, 0.4) is 0 Å². The fourth-order valence-electron chi connectivity index (χ4n) is 3.14. The Hall–Kier alpha value is -3.39. The number of halogens is 3. The molecule has 9 heteroatoms. The quantitative estimate of drug-likeness (QED) is 0.455. The van der Waals surface area contributed by atoms with Crippen LogP contribution in [0, 0.1) is 11.6 Å². The molecule has 0 radical (unpaired) electrons. The van der Waals surface area contributed by atoms with E-state index in [-0.39, 0.29) is 42.4 Å². The summed E-state index contributed by atoms with van der Waals surface area (Å²) in [6.07, 6.45) is 1.51.